The number of fused-ring (bicyclic) bond motifs is 1. The van der Waals surface area contributed by atoms with Gasteiger partial charge in [0.05, 0.1) is 30.3 Å². The monoisotopic (exact) mass is 361 g/mol. The minimum Gasteiger partial charge on any atom is -0.327 e. The average molecular weight is 362 g/mol. The average Bonchev–Trinajstić information content (AvgIpc) is 3.22. The van der Waals surface area contributed by atoms with Gasteiger partial charge in [0, 0.05) is 18.2 Å². The molecule has 3 aromatic rings. The Morgan fingerprint density at radius 3 is 2.60 bits per heavy atom. The fraction of sp³-hybridized carbons (Fsp3) is 0.588. The first-order valence-electron chi connectivity index (χ1n) is 8.77. The summed E-state index contributed by atoms with van der Waals surface area (Å²) in [5.74, 6) is 0. The molecule has 0 aliphatic rings. The van der Waals surface area contributed by atoms with Crippen molar-refractivity contribution in [2.24, 2.45) is 0 Å². The number of hydrogen-bond acceptors (Lipinski definition) is 6. The van der Waals surface area contributed by atoms with E-state index in [0.717, 1.165) is 47.7 Å². The molecule has 3 rings (SSSR count). The van der Waals surface area contributed by atoms with Gasteiger partial charge in [0.25, 0.3) is 0 Å². The van der Waals surface area contributed by atoms with E-state index in [0.29, 0.717) is 0 Å². The summed E-state index contributed by atoms with van der Waals surface area (Å²) in [6.07, 6.45) is 5.87. The molecule has 8 heteroatoms. The molecule has 0 saturated carbocycles. The Balaban J connectivity index is 1.64. The van der Waals surface area contributed by atoms with Gasteiger partial charge in [-0.25, -0.2) is 9.50 Å². The third-order valence-corrected chi connectivity index (χ3v) is 5.07. The fourth-order valence-corrected chi connectivity index (χ4v) is 3.37. The molecular formula is C17H27N7S. The van der Waals surface area contributed by atoms with E-state index in [4.69, 9.17) is 0 Å². The number of rotatable bonds is 7. The molecular weight excluding hydrogens is 334 g/mol. The van der Waals surface area contributed by atoms with E-state index < -0.39 is 0 Å². The predicted octanol–water partition coefficient (Wildman–Crippen LogP) is 3.37. The van der Waals surface area contributed by atoms with Crippen molar-refractivity contribution >= 4 is 27.1 Å². The van der Waals surface area contributed by atoms with E-state index in [9.17, 15) is 0 Å². The maximum absolute atomic E-state index is 4.67. The van der Waals surface area contributed by atoms with Crippen LogP contribution in [0.1, 0.15) is 40.3 Å². The topological polar surface area (TPSA) is 63.3 Å². The van der Waals surface area contributed by atoms with Crippen LogP contribution in [0, 0.1) is 0 Å². The third kappa shape index (κ3) is 4.19. The van der Waals surface area contributed by atoms with Gasteiger partial charge in [-0.15, -0.1) is 5.10 Å². The Labute approximate surface area is 152 Å². The van der Waals surface area contributed by atoms with Gasteiger partial charge >= 0.3 is 0 Å². The minimum atomic E-state index is 0.0347. The lowest BCUT2D eigenvalue weighted by Crippen LogP contribution is -2.27. The molecule has 0 saturated heterocycles. The normalized spacial score (nSPS) is 12.4. The van der Waals surface area contributed by atoms with Crippen molar-refractivity contribution in [1.82, 2.24) is 29.3 Å². The van der Waals surface area contributed by atoms with Crippen LogP contribution in [0.2, 0.25) is 0 Å². The minimum absolute atomic E-state index is 0.0347. The molecule has 0 fully saturated rings. The maximum atomic E-state index is 4.67. The summed E-state index contributed by atoms with van der Waals surface area (Å²) in [6, 6.07) is 0. The highest BCUT2D eigenvalue weighted by molar-refractivity contribution is 7.20. The molecule has 1 N–H and O–H groups in total. The van der Waals surface area contributed by atoms with Crippen LogP contribution in [-0.4, -0.2) is 48.9 Å². The zero-order chi connectivity index (χ0) is 18.0. The van der Waals surface area contributed by atoms with E-state index in [2.05, 4.69) is 60.0 Å². The van der Waals surface area contributed by atoms with Crippen molar-refractivity contribution in [2.45, 2.75) is 46.6 Å². The van der Waals surface area contributed by atoms with Crippen molar-refractivity contribution in [3.8, 4) is 0 Å². The molecule has 3 heterocycles. The van der Waals surface area contributed by atoms with Crippen molar-refractivity contribution < 1.29 is 0 Å². The SMILES string of the molecule is CCN(CC)CCn1cc(Nc2nn3cc(C(C)(C)C)nc3s2)cn1. The first-order chi connectivity index (χ1) is 11.9. The van der Waals surface area contributed by atoms with Gasteiger partial charge < -0.3 is 10.2 Å². The number of imidazole rings is 1. The molecule has 136 valence electrons. The van der Waals surface area contributed by atoms with Crippen LogP contribution in [-0.2, 0) is 12.0 Å². The molecule has 0 aromatic carbocycles. The Bertz CT molecular complexity index is 788. The smallest absolute Gasteiger partial charge is 0.214 e. The highest BCUT2D eigenvalue weighted by Gasteiger charge is 2.19. The molecule has 25 heavy (non-hydrogen) atoms. The van der Waals surface area contributed by atoms with Gasteiger partial charge in [0.15, 0.2) is 0 Å². The van der Waals surface area contributed by atoms with Crippen LogP contribution in [0.4, 0.5) is 10.8 Å². The fourth-order valence-electron chi connectivity index (χ4n) is 2.57. The number of likely N-dealkylation sites (N-methyl/N-ethyl adjacent to an activating group) is 1. The first-order valence-corrected chi connectivity index (χ1v) is 9.59. The van der Waals surface area contributed by atoms with Gasteiger partial charge in [-0.1, -0.05) is 46.0 Å². The molecule has 0 atom stereocenters. The second-order valence-electron chi connectivity index (χ2n) is 7.15. The van der Waals surface area contributed by atoms with E-state index in [1.54, 1.807) is 11.3 Å². The van der Waals surface area contributed by atoms with Crippen LogP contribution >= 0.6 is 11.3 Å². The van der Waals surface area contributed by atoms with E-state index in [1.807, 2.05) is 27.8 Å². The highest BCUT2D eigenvalue weighted by Crippen LogP contribution is 2.27. The quantitative estimate of drug-likeness (QED) is 0.699. The van der Waals surface area contributed by atoms with Crippen molar-refractivity contribution in [3.63, 3.8) is 0 Å². The summed E-state index contributed by atoms with van der Waals surface area (Å²) < 4.78 is 3.81. The molecule has 3 aromatic heterocycles. The number of nitrogens with one attached hydrogen (secondary N) is 1. The van der Waals surface area contributed by atoms with Crippen LogP contribution in [0.15, 0.2) is 18.6 Å². The van der Waals surface area contributed by atoms with Gasteiger partial charge in [0.2, 0.25) is 10.1 Å². The summed E-state index contributed by atoms with van der Waals surface area (Å²) >= 11 is 1.55. The first kappa shape index (κ1) is 17.9. The maximum Gasteiger partial charge on any atom is 0.214 e. The van der Waals surface area contributed by atoms with Crippen LogP contribution in [0.5, 0.6) is 0 Å². The molecule has 7 nitrogen and oxygen atoms in total. The van der Waals surface area contributed by atoms with Crippen molar-refractivity contribution in [2.75, 3.05) is 25.0 Å². The zero-order valence-corrected chi connectivity index (χ0v) is 16.5. The Kier molecular flexibility index (Phi) is 5.10. The summed E-state index contributed by atoms with van der Waals surface area (Å²) in [5, 5.41) is 13.1. The summed E-state index contributed by atoms with van der Waals surface area (Å²) in [6.45, 7) is 14.9. The zero-order valence-electron chi connectivity index (χ0n) is 15.7. The molecule has 0 spiro atoms. The highest BCUT2D eigenvalue weighted by atomic mass is 32.1. The predicted molar refractivity (Wildman–Crippen MR) is 103 cm³/mol. The number of hydrogen-bond donors (Lipinski definition) is 1. The standard InChI is InChI=1S/C17H27N7S/c1-6-22(7-2)8-9-23-11-13(10-18-23)19-15-21-24-12-14(17(3,4)5)20-16(24)25-15/h10-12H,6-9H2,1-5H3,(H,19,21). The van der Waals surface area contributed by atoms with Crippen molar-refractivity contribution in [1.29, 1.82) is 0 Å². The summed E-state index contributed by atoms with van der Waals surface area (Å²) in [7, 11) is 0. The van der Waals surface area contributed by atoms with E-state index >= 15 is 0 Å². The molecule has 0 unspecified atom stereocenters. The van der Waals surface area contributed by atoms with Crippen molar-refractivity contribution in [3.05, 3.63) is 24.3 Å². The van der Waals surface area contributed by atoms with Gasteiger partial charge in [-0.3, -0.25) is 4.68 Å². The summed E-state index contributed by atoms with van der Waals surface area (Å²) in [4.78, 5) is 7.96. The van der Waals surface area contributed by atoms with Gasteiger partial charge in [-0.2, -0.15) is 5.10 Å². The molecule has 0 bridgehead atoms. The van der Waals surface area contributed by atoms with Gasteiger partial charge in [-0.05, 0) is 13.1 Å². The largest absolute Gasteiger partial charge is 0.327 e. The Morgan fingerprint density at radius 1 is 1.20 bits per heavy atom. The summed E-state index contributed by atoms with van der Waals surface area (Å²) in [5.41, 5.74) is 2.04. The van der Waals surface area contributed by atoms with Gasteiger partial charge in [0.1, 0.15) is 0 Å². The van der Waals surface area contributed by atoms with Crippen LogP contribution in [0.25, 0.3) is 4.96 Å². The second kappa shape index (κ2) is 7.13. The Morgan fingerprint density at radius 2 is 1.96 bits per heavy atom. The molecule has 0 aliphatic heterocycles. The lowest BCUT2D eigenvalue weighted by atomic mass is 9.93. The molecule has 0 amide bonds. The number of aromatic nitrogens is 5. The molecule has 0 aliphatic carbocycles. The number of anilines is 2. The van der Waals surface area contributed by atoms with E-state index in [-0.39, 0.29) is 5.41 Å². The third-order valence-electron chi connectivity index (χ3n) is 4.24. The van der Waals surface area contributed by atoms with Crippen LogP contribution < -0.4 is 5.32 Å². The molecule has 0 radical (unpaired) electrons. The lowest BCUT2D eigenvalue weighted by Gasteiger charge is -2.17. The Hall–Kier alpha value is -1.93. The van der Waals surface area contributed by atoms with E-state index in [1.165, 1.54) is 0 Å². The van der Waals surface area contributed by atoms with Crippen LogP contribution in [0.3, 0.4) is 0 Å². The lowest BCUT2D eigenvalue weighted by molar-refractivity contribution is 0.285. The number of nitrogens with zero attached hydrogens (tertiary/aromatic N) is 6. The second-order valence-corrected chi connectivity index (χ2v) is 8.11.